The van der Waals surface area contributed by atoms with E-state index in [4.69, 9.17) is 5.73 Å². The van der Waals surface area contributed by atoms with Gasteiger partial charge < -0.3 is 20.2 Å². The van der Waals surface area contributed by atoms with E-state index >= 15 is 0 Å². The standard InChI is InChI=1S/C26H23N7O2/c1-16(17-7-4-3-5-8-17)33-12-6-9-19(26(33)35)25(34)31-21-11-10-18(13-28-21)20-14-32(2)24-22(20)23(27)29-15-30-24/h3-16H,1-2H3,(H2,27,29,30)(H,28,31,34)/t16-/m0/s1. The van der Waals surface area contributed by atoms with Gasteiger partial charge in [-0.1, -0.05) is 30.3 Å². The first-order valence-corrected chi connectivity index (χ1v) is 11.0. The number of fused-ring (bicyclic) bond motifs is 1. The molecule has 0 aliphatic carbocycles. The number of carbonyl (C=O) groups excluding carboxylic acids is 1. The van der Waals surface area contributed by atoms with Crippen LogP contribution < -0.4 is 16.6 Å². The zero-order valence-corrected chi connectivity index (χ0v) is 19.2. The van der Waals surface area contributed by atoms with Gasteiger partial charge in [-0.2, -0.15) is 0 Å². The molecule has 174 valence electrons. The molecule has 1 aromatic carbocycles. The summed E-state index contributed by atoms with van der Waals surface area (Å²) < 4.78 is 3.42. The molecule has 5 aromatic rings. The number of rotatable bonds is 5. The van der Waals surface area contributed by atoms with Gasteiger partial charge in [0.15, 0.2) is 0 Å². The quantitative estimate of drug-likeness (QED) is 0.409. The van der Waals surface area contributed by atoms with E-state index in [1.54, 1.807) is 29.1 Å². The molecule has 0 spiro atoms. The molecule has 1 amide bonds. The molecular formula is C26H23N7O2. The highest BCUT2D eigenvalue weighted by Crippen LogP contribution is 2.32. The Kier molecular flexibility index (Phi) is 5.58. The van der Waals surface area contributed by atoms with Crippen LogP contribution in [0.1, 0.15) is 28.9 Å². The molecule has 35 heavy (non-hydrogen) atoms. The van der Waals surface area contributed by atoms with Gasteiger partial charge in [0.25, 0.3) is 11.5 Å². The molecule has 0 aliphatic rings. The maximum absolute atomic E-state index is 13.1. The minimum atomic E-state index is -0.521. The van der Waals surface area contributed by atoms with Crippen molar-refractivity contribution in [1.82, 2.24) is 24.1 Å². The fourth-order valence-corrected chi connectivity index (χ4v) is 4.14. The van der Waals surface area contributed by atoms with Crippen molar-refractivity contribution in [2.24, 2.45) is 7.05 Å². The van der Waals surface area contributed by atoms with Crippen molar-refractivity contribution < 1.29 is 4.79 Å². The van der Waals surface area contributed by atoms with E-state index in [2.05, 4.69) is 20.3 Å². The minimum absolute atomic E-state index is 0.0418. The first kappa shape index (κ1) is 22.0. The van der Waals surface area contributed by atoms with Crippen LogP contribution in [0.15, 0.2) is 84.3 Å². The van der Waals surface area contributed by atoms with Gasteiger partial charge in [0.05, 0.1) is 11.4 Å². The topological polar surface area (TPSA) is 121 Å². The van der Waals surface area contributed by atoms with Crippen molar-refractivity contribution in [2.75, 3.05) is 11.1 Å². The average Bonchev–Trinajstić information content (AvgIpc) is 3.22. The zero-order valence-electron chi connectivity index (χ0n) is 19.2. The van der Waals surface area contributed by atoms with Crippen LogP contribution in [-0.4, -0.2) is 30.0 Å². The molecule has 0 fully saturated rings. The van der Waals surface area contributed by atoms with Gasteiger partial charge in [-0.25, -0.2) is 15.0 Å². The number of pyridine rings is 2. The Hall–Kier alpha value is -4.79. The van der Waals surface area contributed by atoms with E-state index < -0.39 is 5.91 Å². The van der Waals surface area contributed by atoms with Gasteiger partial charge in [0.2, 0.25) is 0 Å². The lowest BCUT2D eigenvalue weighted by atomic mass is 10.1. The Morgan fingerprint density at radius 2 is 1.83 bits per heavy atom. The van der Waals surface area contributed by atoms with Crippen LogP contribution in [0.25, 0.3) is 22.2 Å². The van der Waals surface area contributed by atoms with Crippen molar-refractivity contribution in [3.63, 3.8) is 0 Å². The Labute approximate surface area is 200 Å². The number of nitrogens with zero attached hydrogens (tertiary/aromatic N) is 5. The van der Waals surface area contributed by atoms with E-state index in [9.17, 15) is 9.59 Å². The fraction of sp³-hybridized carbons (Fsp3) is 0.115. The number of carbonyl (C=O) groups is 1. The lowest BCUT2D eigenvalue weighted by Crippen LogP contribution is -2.30. The Morgan fingerprint density at radius 3 is 2.57 bits per heavy atom. The molecule has 0 aliphatic heterocycles. The van der Waals surface area contributed by atoms with Crippen molar-refractivity contribution >= 4 is 28.6 Å². The molecular weight excluding hydrogens is 442 g/mol. The van der Waals surface area contributed by atoms with Crippen molar-refractivity contribution in [2.45, 2.75) is 13.0 Å². The monoisotopic (exact) mass is 465 g/mol. The number of aromatic nitrogens is 5. The van der Waals surface area contributed by atoms with Gasteiger partial charge in [0.1, 0.15) is 29.2 Å². The van der Waals surface area contributed by atoms with E-state index in [0.29, 0.717) is 11.6 Å². The predicted molar refractivity (Wildman–Crippen MR) is 135 cm³/mol. The Bertz CT molecular complexity index is 1590. The highest BCUT2D eigenvalue weighted by molar-refractivity contribution is 6.04. The van der Waals surface area contributed by atoms with Gasteiger partial charge >= 0.3 is 0 Å². The third-order valence-corrected chi connectivity index (χ3v) is 6.02. The minimum Gasteiger partial charge on any atom is -0.383 e. The van der Waals surface area contributed by atoms with E-state index in [1.165, 1.54) is 12.4 Å². The van der Waals surface area contributed by atoms with E-state index in [-0.39, 0.29) is 17.2 Å². The summed E-state index contributed by atoms with van der Waals surface area (Å²) >= 11 is 0. The molecule has 4 heterocycles. The third-order valence-electron chi connectivity index (χ3n) is 6.02. The highest BCUT2D eigenvalue weighted by atomic mass is 16.2. The van der Waals surface area contributed by atoms with Crippen LogP contribution in [0.2, 0.25) is 0 Å². The zero-order chi connectivity index (χ0) is 24.5. The second-order valence-electron chi connectivity index (χ2n) is 8.22. The maximum atomic E-state index is 13.1. The summed E-state index contributed by atoms with van der Waals surface area (Å²) in [5.74, 6) is 0.190. The van der Waals surface area contributed by atoms with E-state index in [1.807, 2.05) is 61.1 Å². The number of amides is 1. The number of nitrogen functional groups attached to an aromatic ring is 1. The van der Waals surface area contributed by atoms with Crippen LogP contribution >= 0.6 is 0 Å². The van der Waals surface area contributed by atoms with Crippen LogP contribution in [0, 0.1) is 0 Å². The van der Waals surface area contributed by atoms with Gasteiger partial charge in [-0.3, -0.25) is 9.59 Å². The predicted octanol–water partition coefficient (Wildman–Crippen LogP) is 3.64. The second-order valence-corrected chi connectivity index (χ2v) is 8.22. The van der Waals surface area contributed by atoms with Gasteiger partial charge in [-0.15, -0.1) is 0 Å². The molecule has 1 atom stereocenters. The number of hydrogen-bond donors (Lipinski definition) is 2. The third kappa shape index (κ3) is 4.04. The van der Waals surface area contributed by atoms with Crippen LogP contribution in [0.3, 0.4) is 0 Å². The SMILES string of the molecule is C[C@@H](c1ccccc1)n1cccc(C(=O)Nc2ccc(-c3cn(C)c4ncnc(N)c34)cn2)c1=O. The second kappa shape index (κ2) is 8.86. The van der Waals surface area contributed by atoms with Gasteiger partial charge in [-0.05, 0) is 36.8 Å². The normalized spacial score (nSPS) is 11.9. The molecule has 0 saturated heterocycles. The number of anilines is 2. The fourth-order valence-electron chi connectivity index (χ4n) is 4.14. The number of benzene rings is 1. The smallest absolute Gasteiger partial charge is 0.263 e. The number of aryl methyl sites for hydroxylation is 1. The number of nitrogens with two attached hydrogens (primary N) is 1. The summed E-state index contributed by atoms with van der Waals surface area (Å²) in [4.78, 5) is 38.7. The summed E-state index contributed by atoms with van der Waals surface area (Å²) in [6, 6.07) is 16.2. The van der Waals surface area contributed by atoms with Crippen LogP contribution in [0.4, 0.5) is 11.6 Å². The largest absolute Gasteiger partial charge is 0.383 e. The molecule has 0 unspecified atom stereocenters. The van der Waals surface area contributed by atoms with Crippen molar-refractivity contribution in [3.05, 3.63) is 101 Å². The number of hydrogen-bond acceptors (Lipinski definition) is 6. The summed E-state index contributed by atoms with van der Waals surface area (Å²) in [5, 5.41) is 3.46. The highest BCUT2D eigenvalue weighted by Gasteiger charge is 2.17. The maximum Gasteiger partial charge on any atom is 0.263 e. The molecule has 0 bridgehead atoms. The Morgan fingerprint density at radius 1 is 1.03 bits per heavy atom. The number of nitrogens with one attached hydrogen (secondary N) is 1. The molecule has 5 rings (SSSR count). The van der Waals surface area contributed by atoms with Crippen LogP contribution in [0.5, 0.6) is 0 Å². The Balaban J connectivity index is 1.40. The van der Waals surface area contributed by atoms with Crippen molar-refractivity contribution in [3.8, 4) is 11.1 Å². The summed E-state index contributed by atoms with van der Waals surface area (Å²) in [7, 11) is 1.88. The lowest BCUT2D eigenvalue weighted by Gasteiger charge is -2.16. The van der Waals surface area contributed by atoms with Crippen LogP contribution in [-0.2, 0) is 7.05 Å². The summed E-state index contributed by atoms with van der Waals surface area (Å²) in [5.41, 5.74) is 9.08. The summed E-state index contributed by atoms with van der Waals surface area (Å²) in [6.07, 6.45) is 6.66. The summed E-state index contributed by atoms with van der Waals surface area (Å²) in [6.45, 7) is 1.92. The first-order valence-electron chi connectivity index (χ1n) is 11.0. The molecule has 9 nitrogen and oxygen atoms in total. The van der Waals surface area contributed by atoms with Gasteiger partial charge in [0, 0.05) is 36.8 Å². The molecule has 0 saturated carbocycles. The van der Waals surface area contributed by atoms with Crippen molar-refractivity contribution in [1.29, 1.82) is 0 Å². The molecule has 0 radical (unpaired) electrons. The lowest BCUT2D eigenvalue weighted by molar-refractivity contribution is 0.102. The van der Waals surface area contributed by atoms with E-state index in [0.717, 1.165) is 27.7 Å². The molecule has 4 aromatic heterocycles. The molecule has 3 N–H and O–H groups in total. The average molecular weight is 466 g/mol. The molecule has 9 heteroatoms. The first-order chi connectivity index (χ1) is 16.9.